The smallest absolute Gasteiger partial charge is 0.338 e. The standard InChI is InChI=1S/C20H16ClN3O5/c1-28-15-6-4-14(5-7-15)22-20(27)24-18(25)11-29-19(26)13-2-8-16-12(10-13)3-9-17(21)23-16/h2-10H,11H2,1H3,(H2,22,24,25,27). The Balaban J connectivity index is 1.51. The van der Waals surface area contributed by atoms with Crippen molar-refractivity contribution in [3.8, 4) is 5.75 Å². The first-order valence-corrected chi connectivity index (χ1v) is 8.81. The second-order valence-electron chi connectivity index (χ2n) is 5.85. The highest BCUT2D eigenvalue weighted by Crippen LogP contribution is 2.18. The molecule has 148 valence electrons. The third-order valence-electron chi connectivity index (χ3n) is 3.83. The second kappa shape index (κ2) is 9.03. The fourth-order valence-corrected chi connectivity index (χ4v) is 2.60. The summed E-state index contributed by atoms with van der Waals surface area (Å²) < 4.78 is 9.97. The highest BCUT2D eigenvalue weighted by Gasteiger charge is 2.13. The maximum absolute atomic E-state index is 12.1. The molecule has 0 aliphatic heterocycles. The van der Waals surface area contributed by atoms with Crippen LogP contribution in [0.4, 0.5) is 10.5 Å². The van der Waals surface area contributed by atoms with E-state index in [1.54, 1.807) is 48.5 Å². The number of benzene rings is 2. The van der Waals surface area contributed by atoms with E-state index in [0.29, 0.717) is 27.5 Å². The minimum absolute atomic E-state index is 0.247. The van der Waals surface area contributed by atoms with Crippen LogP contribution in [0.1, 0.15) is 10.4 Å². The summed E-state index contributed by atoms with van der Waals surface area (Å²) in [5, 5.41) is 5.61. The van der Waals surface area contributed by atoms with E-state index >= 15 is 0 Å². The van der Waals surface area contributed by atoms with E-state index in [1.165, 1.54) is 13.2 Å². The summed E-state index contributed by atoms with van der Waals surface area (Å²) in [5.41, 5.74) is 1.34. The van der Waals surface area contributed by atoms with Crippen LogP contribution >= 0.6 is 11.6 Å². The van der Waals surface area contributed by atoms with Crippen LogP contribution in [0.15, 0.2) is 54.6 Å². The Morgan fingerprint density at radius 2 is 1.79 bits per heavy atom. The van der Waals surface area contributed by atoms with Gasteiger partial charge in [0.25, 0.3) is 5.91 Å². The van der Waals surface area contributed by atoms with Crippen LogP contribution in [-0.2, 0) is 9.53 Å². The normalized spacial score (nSPS) is 10.3. The summed E-state index contributed by atoms with van der Waals surface area (Å²) in [5.74, 6) is -0.835. The molecule has 1 heterocycles. The number of fused-ring (bicyclic) bond motifs is 1. The van der Waals surface area contributed by atoms with Crippen LogP contribution in [0.5, 0.6) is 5.75 Å². The number of anilines is 1. The highest BCUT2D eigenvalue weighted by atomic mass is 35.5. The zero-order chi connectivity index (χ0) is 20.8. The summed E-state index contributed by atoms with van der Waals surface area (Å²) in [6, 6.07) is 13.8. The van der Waals surface area contributed by atoms with Crippen LogP contribution in [0.3, 0.4) is 0 Å². The molecule has 0 atom stereocenters. The molecule has 0 saturated carbocycles. The number of hydrogen-bond donors (Lipinski definition) is 2. The molecule has 29 heavy (non-hydrogen) atoms. The molecule has 0 aliphatic rings. The number of carbonyl (C=O) groups is 3. The number of carbonyl (C=O) groups excluding carboxylic acids is 3. The number of nitrogens with one attached hydrogen (secondary N) is 2. The monoisotopic (exact) mass is 413 g/mol. The zero-order valence-corrected chi connectivity index (χ0v) is 16.0. The molecular formula is C20H16ClN3O5. The molecule has 8 nitrogen and oxygen atoms in total. The summed E-state index contributed by atoms with van der Waals surface area (Å²) >= 11 is 5.83. The van der Waals surface area contributed by atoms with Crippen molar-refractivity contribution >= 4 is 46.1 Å². The zero-order valence-electron chi connectivity index (χ0n) is 15.3. The summed E-state index contributed by atoms with van der Waals surface area (Å²) in [4.78, 5) is 39.9. The number of urea groups is 1. The summed E-state index contributed by atoms with van der Waals surface area (Å²) in [7, 11) is 1.53. The average Bonchev–Trinajstić information content (AvgIpc) is 2.72. The number of aromatic nitrogens is 1. The van der Waals surface area contributed by atoms with Gasteiger partial charge in [0.15, 0.2) is 6.61 Å². The van der Waals surface area contributed by atoms with Gasteiger partial charge in [0.05, 0.1) is 18.2 Å². The first kappa shape index (κ1) is 20.1. The molecule has 0 bridgehead atoms. The third kappa shape index (κ3) is 5.43. The lowest BCUT2D eigenvalue weighted by Crippen LogP contribution is -2.37. The van der Waals surface area contributed by atoms with Gasteiger partial charge in [-0.05, 0) is 54.6 Å². The Bertz CT molecular complexity index is 1070. The number of amides is 3. The molecule has 3 aromatic rings. The number of hydrogen-bond acceptors (Lipinski definition) is 6. The van der Waals surface area contributed by atoms with E-state index in [2.05, 4.69) is 15.6 Å². The first-order chi connectivity index (χ1) is 13.9. The van der Waals surface area contributed by atoms with Gasteiger partial charge < -0.3 is 14.8 Å². The van der Waals surface area contributed by atoms with E-state index in [4.69, 9.17) is 21.1 Å². The van der Waals surface area contributed by atoms with Gasteiger partial charge >= 0.3 is 12.0 Å². The number of rotatable bonds is 5. The number of pyridine rings is 1. The van der Waals surface area contributed by atoms with Gasteiger partial charge in [-0.1, -0.05) is 11.6 Å². The number of nitrogens with zero attached hydrogens (tertiary/aromatic N) is 1. The topological polar surface area (TPSA) is 107 Å². The van der Waals surface area contributed by atoms with Gasteiger partial charge in [0, 0.05) is 11.1 Å². The maximum Gasteiger partial charge on any atom is 0.338 e. The van der Waals surface area contributed by atoms with Crippen molar-refractivity contribution < 1.29 is 23.9 Å². The summed E-state index contributed by atoms with van der Waals surface area (Å²) in [6.45, 7) is -0.605. The van der Waals surface area contributed by atoms with Crippen LogP contribution in [0, 0.1) is 0 Å². The lowest BCUT2D eigenvalue weighted by Gasteiger charge is -2.08. The van der Waals surface area contributed by atoms with Crippen molar-refractivity contribution in [3.05, 3.63) is 65.3 Å². The molecule has 2 aromatic carbocycles. The van der Waals surface area contributed by atoms with Crippen LogP contribution in [-0.4, -0.2) is 36.6 Å². The Morgan fingerprint density at radius 1 is 1.03 bits per heavy atom. The van der Waals surface area contributed by atoms with E-state index in [1.807, 2.05) is 0 Å². The second-order valence-corrected chi connectivity index (χ2v) is 6.24. The van der Waals surface area contributed by atoms with E-state index in [-0.39, 0.29) is 5.56 Å². The van der Waals surface area contributed by atoms with Crippen molar-refractivity contribution in [3.63, 3.8) is 0 Å². The molecular weight excluding hydrogens is 398 g/mol. The number of halogens is 1. The largest absolute Gasteiger partial charge is 0.497 e. The molecule has 3 rings (SSSR count). The van der Waals surface area contributed by atoms with Crippen LogP contribution in [0.25, 0.3) is 10.9 Å². The Hall–Kier alpha value is -3.65. The number of methoxy groups -OCH3 is 1. The maximum atomic E-state index is 12.1. The van der Waals surface area contributed by atoms with Crippen molar-refractivity contribution in [2.75, 3.05) is 19.0 Å². The van der Waals surface area contributed by atoms with Gasteiger partial charge in [0.1, 0.15) is 10.9 Å². The van der Waals surface area contributed by atoms with Crippen molar-refractivity contribution in [2.24, 2.45) is 0 Å². The van der Waals surface area contributed by atoms with Gasteiger partial charge in [-0.3, -0.25) is 10.1 Å². The van der Waals surface area contributed by atoms with Gasteiger partial charge in [0.2, 0.25) is 0 Å². The molecule has 1 aromatic heterocycles. The van der Waals surface area contributed by atoms with E-state index in [0.717, 1.165) is 0 Å². The Kier molecular flexibility index (Phi) is 6.25. The van der Waals surface area contributed by atoms with Crippen molar-refractivity contribution in [2.45, 2.75) is 0 Å². The Morgan fingerprint density at radius 3 is 2.52 bits per heavy atom. The molecule has 0 spiro atoms. The minimum atomic E-state index is -0.765. The van der Waals surface area contributed by atoms with E-state index < -0.39 is 24.5 Å². The first-order valence-electron chi connectivity index (χ1n) is 8.43. The highest BCUT2D eigenvalue weighted by molar-refractivity contribution is 6.29. The van der Waals surface area contributed by atoms with Crippen LogP contribution < -0.4 is 15.4 Å². The molecule has 0 aliphatic carbocycles. The average molecular weight is 414 g/mol. The van der Waals surface area contributed by atoms with Gasteiger partial charge in [-0.25, -0.2) is 14.6 Å². The lowest BCUT2D eigenvalue weighted by molar-refractivity contribution is -0.123. The van der Waals surface area contributed by atoms with E-state index in [9.17, 15) is 14.4 Å². The predicted molar refractivity (Wildman–Crippen MR) is 107 cm³/mol. The van der Waals surface area contributed by atoms with Crippen LogP contribution in [0.2, 0.25) is 5.15 Å². The lowest BCUT2D eigenvalue weighted by atomic mass is 10.1. The van der Waals surface area contributed by atoms with Crippen molar-refractivity contribution in [1.82, 2.24) is 10.3 Å². The predicted octanol–water partition coefficient (Wildman–Crippen LogP) is 3.40. The fourth-order valence-electron chi connectivity index (χ4n) is 2.44. The molecule has 2 N–H and O–H groups in total. The Labute approximate surface area is 170 Å². The molecule has 0 fully saturated rings. The van der Waals surface area contributed by atoms with Gasteiger partial charge in [-0.15, -0.1) is 0 Å². The molecule has 0 radical (unpaired) electrons. The molecule has 3 amide bonds. The number of esters is 1. The molecule has 0 saturated heterocycles. The quantitative estimate of drug-likeness (QED) is 0.490. The SMILES string of the molecule is COc1ccc(NC(=O)NC(=O)COC(=O)c2ccc3nc(Cl)ccc3c2)cc1. The number of imide groups is 1. The summed E-state index contributed by atoms with van der Waals surface area (Å²) in [6.07, 6.45) is 0. The number of ether oxygens (including phenoxy) is 2. The molecule has 9 heteroatoms. The minimum Gasteiger partial charge on any atom is -0.497 e. The van der Waals surface area contributed by atoms with Crippen molar-refractivity contribution in [1.29, 1.82) is 0 Å². The molecule has 0 unspecified atom stereocenters. The van der Waals surface area contributed by atoms with Gasteiger partial charge in [-0.2, -0.15) is 0 Å². The third-order valence-corrected chi connectivity index (χ3v) is 4.04. The fraction of sp³-hybridized carbons (Fsp3) is 0.100.